The minimum Gasteiger partial charge on any atom is -0.369 e. The number of guanidine groups is 2. The predicted molar refractivity (Wildman–Crippen MR) is 150 cm³/mol. The number of nitrogens with zero attached hydrogens (tertiary/aromatic N) is 2. The summed E-state index contributed by atoms with van der Waals surface area (Å²) in [5, 5.41) is 12.0. The molecule has 0 unspecified atom stereocenters. The van der Waals surface area contributed by atoms with E-state index in [2.05, 4.69) is 15.6 Å². The minimum absolute atomic E-state index is 0.0148. The van der Waals surface area contributed by atoms with Gasteiger partial charge in [0.15, 0.2) is 10.9 Å². The molecular weight excluding hydrogens is 492 g/mol. The first-order chi connectivity index (χ1) is 17.5. The van der Waals surface area contributed by atoms with Crippen LogP contribution < -0.4 is 16.4 Å². The van der Waals surface area contributed by atoms with Crippen LogP contribution in [0.3, 0.4) is 0 Å². The Morgan fingerprint density at radius 1 is 1.00 bits per heavy atom. The third-order valence-corrected chi connectivity index (χ3v) is 4.82. The average molecular weight is 529 g/mol. The van der Waals surface area contributed by atoms with Crippen LogP contribution in [-0.2, 0) is 20.8 Å². The van der Waals surface area contributed by atoms with Gasteiger partial charge in [0.05, 0.1) is 6.54 Å². The minimum atomic E-state index is -0.497. The van der Waals surface area contributed by atoms with E-state index >= 15 is 0 Å². The quantitative estimate of drug-likeness (QED) is 0.255. The van der Waals surface area contributed by atoms with Crippen molar-refractivity contribution in [1.29, 1.82) is 5.41 Å². The van der Waals surface area contributed by atoms with E-state index in [0.29, 0.717) is 17.5 Å². The van der Waals surface area contributed by atoms with Crippen molar-refractivity contribution in [3.05, 3.63) is 71.3 Å². The maximum Gasteiger partial charge on any atom is 0.246 e. The van der Waals surface area contributed by atoms with Crippen LogP contribution in [0.25, 0.3) is 0 Å². The number of ketones is 1. The normalized spacial score (nSPS) is 9.95. The second-order valence-electron chi connectivity index (χ2n) is 7.32. The summed E-state index contributed by atoms with van der Waals surface area (Å²) in [6.07, 6.45) is 2.12. The van der Waals surface area contributed by atoms with Gasteiger partial charge in [0.2, 0.25) is 23.7 Å². The number of benzene rings is 2. The van der Waals surface area contributed by atoms with Crippen LogP contribution in [0.15, 0.2) is 59.6 Å². The first-order valence-electron chi connectivity index (χ1n) is 11.4. The van der Waals surface area contributed by atoms with E-state index in [0.717, 1.165) is 5.56 Å². The highest BCUT2D eigenvalue weighted by Crippen LogP contribution is 2.13. The Bertz CT molecular complexity index is 1090. The monoisotopic (exact) mass is 528 g/mol. The smallest absolute Gasteiger partial charge is 0.246 e. The molecule has 0 fully saturated rings. The number of nitrogens with one attached hydrogen (secondary N) is 3. The lowest BCUT2D eigenvalue weighted by Crippen LogP contribution is -2.43. The molecule has 10 nitrogen and oxygen atoms in total. The van der Waals surface area contributed by atoms with Gasteiger partial charge in [0, 0.05) is 38.6 Å². The molecule has 0 radical (unpaired) electrons. The standard InChI is InChI=1S/C16H14O2S.C8H16N6O2.C2H6/c1-19-15(17)11-12-6-5-9-14(10-12)16(18)13-7-3-2-4-8-13;1-5(15)11-4-6(16)12-7(9)13-8(10)14(2)3;1-2/h2-10H,11H2,1H3;4H2,1-3H3,(H,11,15)(H4,9,10,12,13,16);1-2H3. The highest BCUT2D eigenvalue weighted by Gasteiger charge is 2.10. The van der Waals surface area contributed by atoms with Crippen LogP contribution in [0.4, 0.5) is 0 Å². The molecule has 5 N–H and O–H groups in total. The van der Waals surface area contributed by atoms with E-state index in [-0.39, 0.29) is 35.3 Å². The second kappa shape index (κ2) is 18.3. The molecule has 2 aromatic carbocycles. The van der Waals surface area contributed by atoms with E-state index in [4.69, 9.17) is 11.1 Å². The van der Waals surface area contributed by atoms with Gasteiger partial charge in [-0.15, -0.1) is 0 Å². The molecule has 0 aliphatic heterocycles. The molecule has 200 valence electrons. The third kappa shape index (κ3) is 14.2. The van der Waals surface area contributed by atoms with Crippen LogP contribution in [-0.4, -0.2) is 66.4 Å². The van der Waals surface area contributed by atoms with Crippen molar-refractivity contribution in [2.75, 3.05) is 26.9 Å². The van der Waals surface area contributed by atoms with Gasteiger partial charge in [-0.05, 0) is 17.9 Å². The van der Waals surface area contributed by atoms with Gasteiger partial charge in [0.25, 0.3) is 0 Å². The third-order valence-electron chi connectivity index (χ3n) is 4.22. The van der Waals surface area contributed by atoms with Crippen molar-refractivity contribution < 1.29 is 19.2 Å². The summed E-state index contributed by atoms with van der Waals surface area (Å²) in [7, 11) is 3.25. The second-order valence-corrected chi connectivity index (χ2v) is 8.19. The zero-order valence-electron chi connectivity index (χ0n) is 22.1. The molecule has 2 rings (SSSR count). The molecule has 11 heteroatoms. The summed E-state index contributed by atoms with van der Waals surface area (Å²) in [5.74, 6) is -1.10. The lowest BCUT2D eigenvalue weighted by molar-refractivity contribution is -0.124. The highest BCUT2D eigenvalue weighted by molar-refractivity contribution is 8.13. The SMILES string of the molecule is CC.CC(=O)NCC(=O)N/C(N)=N/C(=N)N(C)C.CSC(=O)Cc1cccc(C(=O)c2ccccc2)c1. The van der Waals surface area contributed by atoms with Gasteiger partial charge in [-0.2, -0.15) is 4.99 Å². The summed E-state index contributed by atoms with van der Waals surface area (Å²) < 4.78 is 0. The molecule has 0 aliphatic rings. The molecule has 0 aromatic heterocycles. The molecule has 0 bridgehead atoms. The number of carbonyl (C=O) groups excluding carboxylic acids is 4. The van der Waals surface area contributed by atoms with Crippen molar-refractivity contribution in [1.82, 2.24) is 15.5 Å². The predicted octanol–water partition coefficient (Wildman–Crippen LogP) is 2.43. The molecule has 0 atom stereocenters. The fourth-order valence-electron chi connectivity index (χ4n) is 2.45. The first-order valence-corrected chi connectivity index (χ1v) is 12.7. The molecule has 0 aliphatic carbocycles. The number of amides is 2. The molecule has 37 heavy (non-hydrogen) atoms. The van der Waals surface area contributed by atoms with Crippen molar-refractivity contribution in [3.8, 4) is 0 Å². The van der Waals surface area contributed by atoms with Gasteiger partial charge in [0.1, 0.15) is 0 Å². The molecule has 0 heterocycles. The molecule has 2 aromatic rings. The summed E-state index contributed by atoms with van der Waals surface area (Å²) in [4.78, 5) is 50.3. The largest absolute Gasteiger partial charge is 0.369 e. The number of nitrogens with two attached hydrogens (primary N) is 1. The van der Waals surface area contributed by atoms with Gasteiger partial charge >= 0.3 is 0 Å². The topological polar surface area (TPSA) is 158 Å². The van der Waals surface area contributed by atoms with E-state index in [1.54, 1.807) is 44.6 Å². The summed E-state index contributed by atoms with van der Waals surface area (Å²) in [6, 6.07) is 16.4. The van der Waals surface area contributed by atoms with Crippen molar-refractivity contribution in [2.45, 2.75) is 27.2 Å². The van der Waals surface area contributed by atoms with Crippen LogP contribution in [0.5, 0.6) is 0 Å². The fourth-order valence-corrected chi connectivity index (χ4v) is 2.76. The number of aliphatic imine (C=N–C) groups is 1. The van der Waals surface area contributed by atoms with Gasteiger partial charge in [-0.25, -0.2) is 0 Å². The Morgan fingerprint density at radius 2 is 1.59 bits per heavy atom. The Labute approximate surface area is 222 Å². The Morgan fingerprint density at radius 3 is 2.14 bits per heavy atom. The fraction of sp³-hybridized carbons (Fsp3) is 0.308. The lowest BCUT2D eigenvalue weighted by Gasteiger charge is -2.10. The van der Waals surface area contributed by atoms with Crippen LogP contribution in [0.2, 0.25) is 0 Å². The molecule has 0 spiro atoms. The van der Waals surface area contributed by atoms with Crippen LogP contribution >= 0.6 is 11.8 Å². The van der Waals surface area contributed by atoms with E-state index in [1.165, 1.54) is 23.6 Å². The molecular formula is C26H36N6O4S. The zero-order valence-corrected chi connectivity index (χ0v) is 22.9. The highest BCUT2D eigenvalue weighted by atomic mass is 32.2. The van der Waals surface area contributed by atoms with E-state index in [1.807, 2.05) is 44.2 Å². The maximum absolute atomic E-state index is 12.3. The number of thioether (sulfide) groups is 1. The van der Waals surface area contributed by atoms with Gasteiger partial charge in [-0.3, -0.25) is 29.9 Å². The summed E-state index contributed by atoms with van der Waals surface area (Å²) >= 11 is 1.21. The first kappa shape index (κ1) is 33.0. The van der Waals surface area contributed by atoms with Crippen LogP contribution in [0.1, 0.15) is 42.3 Å². The Hall–Kier alpha value is -3.99. The van der Waals surface area contributed by atoms with Gasteiger partial charge in [-0.1, -0.05) is 74.1 Å². The molecule has 2 amide bonds. The number of hydrogen-bond acceptors (Lipinski definition) is 6. The van der Waals surface area contributed by atoms with E-state index in [9.17, 15) is 19.2 Å². The molecule has 0 saturated carbocycles. The average Bonchev–Trinajstić information content (AvgIpc) is 2.89. The van der Waals surface area contributed by atoms with Crippen molar-refractivity contribution >= 4 is 46.4 Å². The summed E-state index contributed by atoms with van der Waals surface area (Å²) in [5.41, 5.74) is 7.52. The molecule has 0 saturated heterocycles. The number of hydrogen-bond donors (Lipinski definition) is 4. The Kier molecular flexibility index (Phi) is 16.3. The number of rotatable bonds is 6. The van der Waals surface area contributed by atoms with Gasteiger partial charge < -0.3 is 16.0 Å². The number of carbonyl (C=O) groups is 4. The maximum atomic E-state index is 12.3. The zero-order chi connectivity index (χ0) is 28.4. The van der Waals surface area contributed by atoms with E-state index < -0.39 is 5.91 Å². The van der Waals surface area contributed by atoms with Crippen molar-refractivity contribution in [2.24, 2.45) is 10.7 Å². The summed E-state index contributed by atoms with van der Waals surface area (Å²) in [6.45, 7) is 5.12. The Balaban J connectivity index is 0.000000667. The van der Waals surface area contributed by atoms with Crippen molar-refractivity contribution in [3.63, 3.8) is 0 Å². The van der Waals surface area contributed by atoms with Crippen LogP contribution in [0, 0.1) is 5.41 Å². The lowest BCUT2D eigenvalue weighted by atomic mass is 10.0.